The number of aliphatic hydroxyl groups is 1. The molecule has 0 aliphatic carbocycles. The quantitative estimate of drug-likeness (QED) is 0.399. The highest BCUT2D eigenvalue weighted by molar-refractivity contribution is 4.95. The highest BCUT2D eigenvalue weighted by Crippen LogP contribution is 2.04. The van der Waals surface area contributed by atoms with Gasteiger partial charge < -0.3 is 15.2 Å². The molecule has 0 rings (SSSR count). The molecule has 0 aromatic carbocycles. The third kappa shape index (κ3) is 15.4. The number of rotatable bonds is 13. The van der Waals surface area contributed by atoms with Crippen molar-refractivity contribution >= 4 is 0 Å². The first-order valence-corrected chi connectivity index (χ1v) is 7.67. The van der Waals surface area contributed by atoms with Gasteiger partial charge in [-0.3, -0.25) is 0 Å². The summed E-state index contributed by atoms with van der Waals surface area (Å²) in [6, 6.07) is 0. The van der Waals surface area contributed by atoms with Gasteiger partial charge in [0.15, 0.2) is 0 Å². The van der Waals surface area contributed by atoms with Gasteiger partial charge in [-0.2, -0.15) is 0 Å². The molecule has 0 aromatic rings. The van der Waals surface area contributed by atoms with Crippen LogP contribution in [0.25, 0.3) is 0 Å². The molecule has 1 unspecified atom stereocenters. The fourth-order valence-electron chi connectivity index (χ4n) is 1.81. The number of nitrogens with one attached hydrogen (secondary N) is 1. The highest BCUT2D eigenvalue weighted by Gasteiger charge is 2.02. The predicted molar refractivity (Wildman–Crippen MR) is 81.1 cm³/mol. The van der Waals surface area contributed by atoms with Gasteiger partial charge in [0.05, 0.1) is 12.7 Å². The minimum absolute atomic E-state index is 0.408. The van der Waals surface area contributed by atoms with Crippen molar-refractivity contribution in [3.05, 3.63) is 0 Å². The van der Waals surface area contributed by atoms with E-state index in [1.54, 1.807) is 0 Å². The van der Waals surface area contributed by atoms with Gasteiger partial charge >= 0.3 is 0 Å². The van der Waals surface area contributed by atoms with Crippen molar-refractivity contribution in [3.63, 3.8) is 0 Å². The fraction of sp³-hybridized carbons (Fsp3) is 0.875. The molecule has 0 spiro atoms. The lowest BCUT2D eigenvalue weighted by molar-refractivity contribution is 0.0356. The summed E-state index contributed by atoms with van der Waals surface area (Å²) in [4.78, 5) is 0. The summed E-state index contributed by atoms with van der Waals surface area (Å²) >= 11 is 0. The topological polar surface area (TPSA) is 41.5 Å². The van der Waals surface area contributed by atoms with Crippen LogP contribution in [0.15, 0.2) is 0 Å². The van der Waals surface area contributed by atoms with Gasteiger partial charge in [0.2, 0.25) is 0 Å². The Balaban J connectivity index is 3.15. The molecule has 0 radical (unpaired) electrons. The molecule has 0 aliphatic heterocycles. The average Bonchev–Trinajstić information content (AvgIpc) is 2.41. The molecule has 0 saturated heterocycles. The number of hydrogen-bond acceptors (Lipinski definition) is 3. The van der Waals surface area contributed by atoms with E-state index in [0.29, 0.717) is 13.2 Å². The minimum Gasteiger partial charge on any atom is -0.389 e. The Bertz CT molecular complexity index is 233. The van der Waals surface area contributed by atoms with E-state index < -0.39 is 6.10 Å². The first-order valence-electron chi connectivity index (χ1n) is 7.67. The first kappa shape index (κ1) is 18.4. The van der Waals surface area contributed by atoms with Crippen molar-refractivity contribution in [2.75, 3.05) is 26.3 Å². The average molecular weight is 269 g/mol. The molecule has 3 heteroatoms. The van der Waals surface area contributed by atoms with Crippen LogP contribution in [0, 0.1) is 11.8 Å². The summed E-state index contributed by atoms with van der Waals surface area (Å²) < 4.78 is 5.46. The second-order valence-electron chi connectivity index (χ2n) is 4.88. The van der Waals surface area contributed by atoms with Crippen molar-refractivity contribution in [3.8, 4) is 11.8 Å². The Labute approximate surface area is 119 Å². The van der Waals surface area contributed by atoms with Crippen LogP contribution in [0.4, 0.5) is 0 Å². The Hall–Kier alpha value is -0.560. The number of unbranched alkanes of at least 4 members (excludes halogenated alkanes) is 5. The molecule has 0 saturated carbocycles. The Kier molecular flexibility index (Phi) is 15.0. The molecule has 0 fully saturated rings. The van der Waals surface area contributed by atoms with Gasteiger partial charge in [-0.15, -0.1) is 11.8 Å². The van der Waals surface area contributed by atoms with Gasteiger partial charge in [-0.05, 0) is 13.3 Å². The molecule has 0 aliphatic rings. The van der Waals surface area contributed by atoms with Crippen LogP contribution < -0.4 is 5.32 Å². The largest absolute Gasteiger partial charge is 0.389 e. The number of ether oxygens (including phenoxy) is 1. The zero-order valence-electron chi connectivity index (χ0n) is 12.7. The van der Waals surface area contributed by atoms with E-state index in [4.69, 9.17) is 4.74 Å². The molecular weight excluding hydrogens is 238 g/mol. The van der Waals surface area contributed by atoms with Gasteiger partial charge in [-0.25, -0.2) is 0 Å². The van der Waals surface area contributed by atoms with Crippen LogP contribution in [0.2, 0.25) is 0 Å². The van der Waals surface area contributed by atoms with E-state index in [-0.39, 0.29) is 0 Å². The van der Waals surface area contributed by atoms with E-state index in [2.05, 4.69) is 24.1 Å². The number of aliphatic hydroxyl groups excluding tert-OH is 1. The maximum atomic E-state index is 9.65. The molecule has 2 N–H and O–H groups in total. The van der Waals surface area contributed by atoms with Crippen molar-refractivity contribution in [2.45, 2.75) is 64.9 Å². The Morgan fingerprint density at radius 3 is 2.63 bits per heavy atom. The summed E-state index contributed by atoms with van der Waals surface area (Å²) in [5.74, 6) is 5.82. The molecule has 19 heavy (non-hydrogen) atoms. The molecule has 0 bridgehead atoms. The second-order valence-corrected chi connectivity index (χ2v) is 4.88. The van der Waals surface area contributed by atoms with Crippen LogP contribution in [0.5, 0.6) is 0 Å². The third-order valence-corrected chi connectivity index (χ3v) is 2.94. The van der Waals surface area contributed by atoms with E-state index >= 15 is 0 Å². The van der Waals surface area contributed by atoms with Crippen LogP contribution in [-0.4, -0.2) is 37.5 Å². The van der Waals surface area contributed by atoms with Crippen LogP contribution in [0.3, 0.4) is 0 Å². The molecule has 0 aromatic heterocycles. The smallest absolute Gasteiger partial charge is 0.0897 e. The SMILES string of the molecule is CC#CCCNCC(O)COCCCCCCCC. The van der Waals surface area contributed by atoms with Crippen LogP contribution >= 0.6 is 0 Å². The van der Waals surface area contributed by atoms with E-state index in [1.807, 2.05) is 6.92 Å². The molecule has 0 amide bonds. The summed E-state index contributed by atoms with van der Waals surface area (Å²) in [6.45, 7) is 6.68. The summed E-state index contributed by atoms with van der Waals surface area (Å²) in [7, 11) is 0. The van der Waals surface area contributed by atoms with Crippen LogP contribution in [-0.2, 0) is 4.74 Å². The summed E-state index contributed by atoms with van der Waals surface area (Å²) in [5.41, 5.74) is 0. The molecule has 1 atom stereocenters. The lowest BCUT2D eigenvalue weighted by Crippen LogP contribution is -2.31. The van der Waals surface area contributed by atoms with E-state index in [0.717, 1.165) is 26.0 Å². The van der Waals surface area contributed by atoms with Gasteiger partial charge in [0.25, 0.3) is 0 Å². The second kappa shape index (κ2) is 15.5. The standard InChI is InChI=1S/C16H31NO2/c1-3-5-7-8-9-11-13-19-15-16(18)14-17-12-10-6-4-2/h16-18H,3,5,7-15H2,1-2H3. The molecule has 3 nitrogen and oxygen atoms in total. The van der Waals surface area contributed by atoms with Crippen molar-refractivity contribution in [1.82, 2.24) is 5.32 Å². The monoisotopic (exact) mass is 269 g/mol. The van der Waals surface area contributed by atoms with E-state index in [1.165, 1.54) is 32.1 Å². The fourth-order valence-corrected chi connectivity index (χ4v) is 1.81. The van der Waals surface area contributed by atoms with Gasteiger partial charge in [0, 0.05) is 26.1 Å². The Morgan fingerprint density at radius 2 is 1.89 bits per heavy atom. The van der Waals surface area contributed by atoms with Crippen LogP contribution in [0.1, 0.15) is 58.8 Å². The Morgan fingerprint density at radius 1 is 1.16 bits per heavy atom. The molecular formula is C16H31NO2. The lowest BCUT2D eigenvalue weighted by Gasteiger charge is -2.11. The van der Waals surface area contributed by atoms with E-state index in [9.17, 15) is 5.11 Å². The zero-order chi connectivity index (χ0) is 14.2. The highest BCUT2D eigenvalue weighted by atomic mass is 16.5. The molecule has 0 heterocycles. The van der Waals surface area contributed by atoms with Crippen molar-refractivity contribution < 1.29 is 9.84 Å². The van der Waals surface area contributed by atoms with Crippen molar-refractivity contribution in [2.24, 2.45) is 0 Å². The lowest BCUT2D eigenvalue weighted by atomic mass is 10.1. The van der Waals surface area contributed by atoms with Gasteiger partial charge in [-0.1, -0.05) is 39.0 Å². The number of hydrogen-bond donors (Lipinski definition) is 2. The first-order chi connectivity index (χ1) is 9.31. The zero-order valence-corrected chi connectivity index (χ0v) is 12.7. The van der Waals surface area contributed by atoms with Gasteiger partial charge in [0.1, 0.15) is 0 Å². The normalized spacial score (nSPS) is 11.9. The maximum Gasteiger partial charge on any atom is 0.0897 e. The minimum atomic E-state index is -0.408. The summed E-state index contributed by atoms with van der Waals surface area (Å²) in [6.07, 6.45) is 8.05. The maximum absolute atomic E-state index is 9.65. The third-order valence-electron chi connectivity index (χ3n) is 2.94. The summed E-state index contributed by atoms with van der Waals surface area (Å²) in [5, 5.41) is 12.8. The predicted octanol–water partition coefficient (Wildman–Crippen LogP) is 2.73. The molecule has 112 valence electrons. The van der Waals surface area contributed by atoms with Crippen molar-refractivity contribution in [1.29, 1.82) is 0 Å².